The fourth-order valence-corrected chi connectivity index (χ4v) is 3.38. The summed E-state index contributed by atoms with van der Waals surface area (Å²) in [6.07, 6.45) is 9.02. The number of nitrogen functional groups attached to an aromatic ring is 1. The maximum Gasteiger partial charge on any atom is 0.165 e. The van der Waals surface area contributed by atoms with Crippen molar-refractivity contribution < 1.29 is 0 Å². The second kappa shape index (κ2) is 3.51. The van der Waals surface area contributed by atoms with Gasteiger partial charge in [0.2, 0.25) is 0 Å². The molecular weight excluding hydrogens is 188 g/mol. The molecule has 0 saturated heterocycles. The predicted molar refractivity (Wildman–Crippen MR) is 58.0 cm³/mol. The molecule has 3 saturated carbocycles. The quantitative estimate of drug-likeness (QED) is 0.801. The summed E-state index contributed by atoms with van der Waals surface area (Å²) in [6.45, 7) is 1.02. The minimum absolute atomic E-state index is 0.538. The van der Waals surface area contributed by atoms with Crippen molar-refractivity contribution in [2.24, 2.45) is 17.8 Å². The van der Waals surface area contributed by atoms with E-state index in [0.717, 1.165) is 24.3 Å². The Kier molecular flexibility index (Phi) is 2.15. The Hall–Kier alpha value is -1.06. The first-order valence-corrected chi connectivity index (χ1v) is 5.97. The first kappa shape index (κ1) is 9.19. The average Bonchev–Trinajstić information content (AvgIpc) is 2.66. The molecule has 3 aliphatic rings. The third-order valence-corrected chi connectivity index (χ3v) is 4.17. The van der Waals surface area contributed by atoms with Gasteiger partial charge >= 0.3 is 0 Å². The van der Waals surface area contributed by atoms with Crippen LogP contribution in [0.5, 0.6) is 0 Å². The average molecular weight is 206 g/mol. The zero-order valence-electron chi connectivity index (χ0n) is 8.97. The van der Waals surface area contributed by atoms with Gasteiger partial charge in [-0.15, -0.1) is 5.10 Å². The standard InChI is InChI=1S/C11H18N4/c12-11-7-15(14-13-11)6-10-5-8-1-3-9(10)4-2-8/h7-10H,1-6,12H2. The molecule has 2 N–H and O–H groups in total. The van der Waals surface area contributed by atoms with Gasteiger partial charge in [0.25, 0.3) is 0 Å². The summed E-state index contributed by atoms with van der Waals surface area (Å²) in [5, 5.41) is 7.87. The Morgan fingerprint density at radius 2 is 2.13 bits per heavy atom. The van der Waals surface area contributed by atoms with Gasteiger partial charge in [-0.3, -0.25) is 4.68 Å². The maximum absolute atomic E-state index is 5.57. The normalized spacial score (nSPS) is 34.5. The van der Waals surface area contributed by atoms with E-state index in [2.05, 4.69) is 10.3 Å². The van der Waals surface area contributed by atoms with Crippen LogP contribution >= 0.6 is 0 Å². The van der Waals surface area contributed by atoms with Gasteiger partial charge in [-0.1, -0.05) is 18.1 Å². The lowest BCUT2D eigenvalue weighted by atomic mass is 9.65. The van der Waals surface area contributed by atoms with Crippen LogP contribution in [0.2, 0.25) is 0 Å². The molecule has 1 atom stereocenters. The highest BCUT2D eigenvalue weighted by Gasteiger charge is 2.35. The van der Waals surface area contributed by atoms with Crippen LogP contribution in [0.25, 0.3) is 0 Å². The molecule has 0 spiro atoms. The molecule has 1 unspecified atom stereocenters. The summed E-state index contributed by atoms with van der Waals surface area (Å²) in [7, 11) is 0. The lowest BCUT2D eigenvalue weighted by Gasteiger charge is -2.42. The van der Waals surface area contributed by atoms with Crippen LogP contribution in [0.4, 0.5) is 5.82 Å². The van der Waals surface area contributed by atoms with E-state index in [0.29, 0.717) is 5.82 Å². The number of nitrogens with zero attached hydrogens (tertiary/aromatic N) is 3. The van der Waals surface area contributed by atoms with Crippen molar-refractivity contribution in [2.45, 2.75) is 38.6 Å². The van der Waals surface area contributed by atoms with Crippen molar-refractivity contribution in [3.63, 3.8) is 0 Å². The summed E-state index contributed by atoms with van der Waals surface area (Å²) in [6, 6.07) is 0. The number of anilines is 1. The van der Waals surface area contributed by atoms with Crippen molar-refractivity contribution in [3.8, 4) is 0 Å². The molecule has 15 heavy (non-hydrogen) atoms. The van der Waals surface area contributed by atoms with Gasteiger partial charge in [0, 0.05) is 6.54 Å². The summed E-state index contributed by atoms with van der Waals surface area (Å²) >= 11 is 0. The highest BCUT2D eigenvalue weighted by Crippen LogP contribution is 2.45. The molecule has 0 aromatic carbocycles. The predicted octanol–water partition coefficient (Wildman–Crippen LogP) is 1.69. The van der Waals surface area contributed by atoms with E-state index in [1.54, 1.807) is 0 Å². The molecular formula is C11H18N4. The SMILES string of the molecule is Nc1cn(CC2CC3CCC2CC3)nn1. The summed E-state index contributed by atoms with van der Waals surface area (Å²) in [4.78, 5) is 0. The molecule has 1 aromatic rings. The van der Waals surface area contributed by atoms with Crippen molar-refractivity contribution in [2.75, 3.05) is 5.73 Å². The molecule has 1 aromatic heterocycles. The highest BCUT2D eigenvalue weighted by atomic mass is 15.4. The maximum atomic E-state index is 5.57. The molecule has 4 heteroatoms. The van der Waals surface area contributed by atoms with Crippen LogP contribution in [-0.2, 0) is 6.54 Å². The number of fused-ring (bicyclic) bond motifs is 3. The Labute approximate surface area is 89.8 Å². The highest BCUT2D eigenvalue weighted by molar-refractivity contribution is 5.19. The van der Waals surface area contributed by atoms with Crippen molar-refractivity contribution in [3.05, 3.63) is 6.20 Å². The molecule has 4 nitrogen and oxygen atoms in total. The van der Waals surface area contributed by atoms with Gasteiger partial charge < -0.3 is 5.73 Å². The number of aromatic nitrogens is 3. The summed E-state index contributed by atoms with van der Waals surface area (Å²) < 4.78 is 1.92. The molecule has 0 radical (unpaired) electrons. The Balaban J connectivity index is 1.68. The van der Waals surface area contributed by atoms with Gasteiger partial charge in [-0.25, -0.2) is 0 Å². The fraction of sp³-hybridized carbons (Fsp3) is 0.818. The molecule has 4 rings (SSSR count). The number of nitrogens with two attached hydrogens (primary N) is 1. The minimum Gasteiger partial charge on any atom is -0.381 e. The fourth-order valence-electron chi connectivity index (χ4n) is 3.38. The van der Waals surface area contributed by atoms with Crippen molar-refractivity contribution in [1.82, 2.24) is 15.0 Å². The van der Waals surface area contributed by atoms with Gasteiger partial charge in [0.1, 0.15) is 0 Å². The van der Waals surface area contributed by atoms with Gasteiger partial charge in [0.15, 0.2) is 5.82 Å². The lowest BCUT2D eigenvalue weighted by Crippen LogP contribution is -2.33. The van der Waals surface area contributed by atoms with Crippen LogP contribution < -0.4 is 5.73 Å². The van der Waals surface area contributed by atoms with Crippen LogP contribution in [0, 0.1) is 17.8 Å². The largest absolute Gasteiger partial charge is 0.381 e. The monoisotopic (exact) mass is 206 g/mol. The van der Waals surface area contributed by atoms with Crippen LogP contribution in [-0.4, -0.2) is 15.0 Å². The lowest BCUT2D eigenvalue weighted by molar-refractivity contribution is 0.0839. The Bertz CT molecular complexity index is 338. The molecule has 82 valence electrons. The molecule has 1 heterocycles. The molecule has 0 aliphatic heterocycles. The number of hydrogen-bond donors (Lipinski definition) is 1. The second-order valence-electron chi connectivity index (χ2n) is 5.14. The van der Waals surface area contributed by atoms with Crippen molar-refractivity contribution >= 4 is 5.82 Å². The first-order valence-electron chi connectivity index (χ1n) is 5.97. The van der Waals surface area contributed by atoms with E-state index in [-0.39, 0.29) is 0 Å². The van der Waals surface area contributed by atoms with E-state index in [4.69, 9.17) is 5.73 Å². The number of hydrogen-bond acceptors (Lipinski definition) is 3. The van der Waals surface area contributed by atoms with E-state index in [1.165, 1.54) is 32.1 Å². The zero-order valence-corrected chi connectivity index (χ0v) is 8.97. The second-order valence-corrected chi connectivity index (χ2v) is 5.14. The molecule has 3 fully saturated rings. The van der Waals surface area contributed by atoms with E-state index in [9.17, 15) is 0 Å². The molecule has 2 bridgehead atoms. The summed E-state index contributed by atoms with van der Waals surface area (Å²) in [5.41, 5.74) is 5.57. The zero-order chi connectivity index (χ0) is 10.3. The molecule has 0 amide bonds. The Morgan fingerprint density at radius 1 is 1.33 bits per heavy atom. The van der Waals surface area contributed by atoms with Gasteiger partial charge in [0.05, 0.1) is 6.20 Å². The van der Waals surface area contributed by atoms with Crippen LogP contribution in [0.3, 0.4) is 0 Å². The van der Waals surface area contributed by atoms with Gasteiger partial charge in [-0.05, 0) is 37.0 Å². The third-order valence-electron chi connectivity index (χ3n) is 4.17. The molecule has 3 aliphatic carbocycles. The van der Waals surface area contributed by atoms with Crippen LogP contribution in [0.15, 0.2) is 6.20 Å². The van der Waals surface area contributed by atoms with E-state index in [1.807, 2.05) is 10.9 Å². The van der Waals surface area contributed by atoms with Gasteiger partial charge in [-0.2, -0.15) is 0 Å². The van der Waals surface area contributed by atoms with Crippen molar-refractivity contribution in [1.29, 1.82) is 0 Å². The Morgan fingerprint density at radius 3 is 2.67 bits per heavy atom. The van der Waals surface area contributed by atoms with Crippen LogP contribution in [0.1, 0.15) is 32.1 Å². The first-order chi connectivity index (χ1) is 7.31. The van der Waals surface area contributed by atoms with E-state index >= 15 is 0 Å². The third kappa shape index (κ3) is 1.73. The summed E-state index contributed by atoms with van der Waals surface area (Å²) in [5.74, 6) is 3.27. The minimum atomic E-state index is 0.538. The van der Waals surface area contributed by atoms with E-state index < -0.39 is 0 Å². The number of rotatable bonds is 2. The topological polar surface area (TPSA) is 56.7 Å². The smallest absolute Gasteiger partial charge is 0.165 e.